The van der Waals surface area contributed by atoms with E-state index in [1.165, 1.54) is 33.8 Å². The maximum absolute atomic E-state index is 4.72. The number of rotatable bonds is 1. The average Bonchev–Trinajstić information content (AvgIpc) is 2.60. The number of hydrogen-bond donors (Lipinski definition) is 0. The minimum atomic E-state index is -0.131. The van der Waals surface area contributed by atoms with Gasteiger partial charge < -0.3 is 4.90 Å². The third kappa shape index (κ3) is 2.26. The number of fused-ring (bicyclic) bond motifs is 2. The maximum atomic E-state index is 4.72. The summed E-state index contributed by atoms with van der Waals surface area (Å²) in [7, 11) is 4.23. The van der Waals surface area contributed by atoms with Crippen LogP contribution in [0.4, 0.5) is 11.4 Å². The molecule has 1 aliphatic heterocycles. The molecule has 2 aromatic heterocycles. The van der Waals surface area contributed by atoms with Crippen molar-refractivity contribution in [3.8, 4) is 11.3 Å². The van der Waals surface area contributed by atoms with Gasteiger partial charge in [-0.1, -0.05) is 0 Å². The zero-order chi connectivity index (χ0) is 17.8. The second-order valence-corrected chi connectivity index (χ2v) is 7.44. The number of nitrogens with zero attached hydrogens (tertiary/aromatic N) is 3. The number of benzene rings is 1. The summed E-state index contributed by atoms with van der Waals surface area (Å²) in [4.78, 5) is 6.99. The van der Waals surface area contributed by atoms with Gasteiger partial charge in [-0.05, 0) is 62.2 Å². The highest BCUT2D eigenvalue weighted by molar-refractivity contribution is 5.80. The Labute approximate surface area is 149 Å². The Morgan fingerprint density at radius 2 is 1.84 bits per heavy atom. The van der Waals surface area contributed by atoms with E-state index in [0.29, 0.717) is 0 Å². The first-order valence-corrected chi connectivity index (χ1v) is 8.70. The van der Waals surface area contributed by atoms with Crippen LogP contribution in [0.15, 0.2) is 54.9 Å². The molecule has 0 amide bonds. The first-order valence-electron chi connectivity index (χ1n) is 8.70. The lowest BCUT2D eigenvalue weighted by molar-refractivity contribution is -0.660. The largest absolute Gasteiger partial charge is 0.343 e. The fourth-order valence-corrected chi connectivity index (χ4v) is 3.96. The van der Waals surface area contributed by atoms with Gasteiger partial charge in [-0.3, -0.25) is 4.98 Å². The molecule has 3 heteroatoms. The number of aromatic nitrogens is 2. The molecule has 4 rings (SSSR count). The average molecular weight is 330 g/mol. The predicted octanol–water partition coefficient (Wildman–Crippen LogP) is 4.29. The Bertz CT molecular complexity index is 973. The van der Waals surface area contributed by atoms with Gasteiger partial charge in [-0.2, -0.15) is 0 Å². The standard InChI is InChI=1S/C22H24N3/c1-15-13-20-17(14-16(15)18-9-6-7-12-24(18)4)22(2,3)21-19(25(20)5)10-8-11-23-21/h6-14H,1-5H3/q+1. The molecule has 0 aliphatic carbocycles. The summed E-state index contributed by atoms with van der Waals surface area (Å²) in [6, 6.07) is 15.2. The van der Waals surface area contributed by atoms with Crippen LogP contribution in [0.5, 0.6) is 0 Å². The van der Waals surface area contributed by atoms with E-state index in [1.807, 2.05) is 12.3 Å². The lowest BCUT2D eigenvalue weighted by Crippen LogP contribution is -2.33. The van der Waals surface area contributed by atoms with Crippen molar-refractivity contribution in [2.24, 2.45) is 7.05 Å². The summed E-state index contributed by atoms with van der Waals surface area (Å²) in [6.07, 6.45) is 3.99. The van der Waals surface area contributed by atoms with Gasteiger partial charge in [0.2, 0.25) is 5.69 Å². The molecular weight excluding hydrogens is 306 g/mol. The molecule has 0 N–H and O–H groups in total. The van der Waals surface area contributed by atoms with Crippen LogP contribution in [-0.2, 0) is 12.5 Å². The summed E-state index contributed by atoms with van der Waals surface area (Å²) < 4.78 is 2.18. The maximum Gasteiger partial charge on any atom is 0.212 e. The third-order valence-corrected chi connectivity index (χ3v) is 5.45. The van der Waals surface area contributed by atoms with E-state index in [9.17, 15) is 0 Å². The fourth-order valence-electron chi connectivity index (χ4n) is 3.96. The Kier molecular flexibility index (Phi) is 3.43. The van der Waals surface area contributed by atoms with E-state index in [0.717, 1.165) is 5.69 Å². The Hall–Kier alpha value is -2.68. The molecule has 0 atom stereocenters. The highest BCUT2D eigenvalue weighted by Gasteiger charge is 2.37. The van der Waals surface area contributed by atoms with Crippen molar-refractivity contribution in [1.82, 2.24) is 4.98 Å². The molecule has 1 aromatic carbocycles. The SMILES string of the molecule is Cc1cc2c(cc1-c1cccc[n+]1C)C(C)(C)c1ncccc1N2C. The van der Waals surface area contributed by atoms with Crippen molar-refractivity contribution < 1.29 is 4.57 Å². The highest BCUT2D eigenvalue weighted by Crippen LogP contribution is 2.48. The molecule has 126 valence electrons. The molecule has 0 saturated carbocycles. The van der Waals surface area contributed by atoms with Crippen LogP contribution in [0.3, 0.4) is 0 Å². The van der Waals surface area contributed by atoms with Crippen LogP contribution in [0.25, 0.3) is 11.3 Å². The van der Waals surface area contributed by atoms with E-state index in [2.05, 4.69) is 86.9 Å². The molecule has 3 heterocycles. The molecule has 3 nitrogen and oxygen atoms in total. The molecule has 0 spiro atoms. The summed E-state index contributed by atoms with van der Waals surface area (Å²) in [6.45, 7) is 6.74. The molecule has 0 fully saturated rings. The lowest BCUT2D eigenvalue weighted by atomic mass is 9.75. The number of pyridine rings is 2. The van der Waals surface area contributed by atoms with E-state index in [1.54, 1.807) is 0 Å². The van der Waals surface area contributed by atoms with Crippen molar-refractivity contribution in [3.63, 3.8) is 0 Å². The molecule has 0 saturated heterocycles. The summed E-state index contributed by atoms with van der Waals surface area (Å²) >= 11 is 0. The monoisotopic (exact) mass is 330 g/mol. The normalized spacial score (nSPS) is 14.8. The second kappa shape index (κ2) is 5.41. The van der Waals surface area contributed by atoms with Crippen molar-refractivity contribution in [2.75, 3.05) is 11.9 Å². The Balaban J connectivity index is 1.99. The highest BCUT2D eigenvalue weighted by atomic mass is 15.1. The molecule has 0 bridgehead atoms. The number of anilines is 2. The van der Waals surface area contributed by atoms with Crippen LogP contribution in [0.2, 0.25) is 0 Å². The minimum absolute atomic E-state index is 0.131. The smallest absolute Gasteiger partial charge is 0.212 e. The van der Waals surface area contributed by atoms with Gasteiger partial charge >= 0.3 is 0 Å². The van der Waals surface area contributed by atoms with Gasteiger partial charge in [-0.15, -0.1) is 0 Å². The van der Waals surface area contributed by atoms with E-state index in [-0.39, 0.29) is 5.41 Å². The van der Waals surface area contributed by atoms with Gasteiger partial charge in [0.25, 0.3) is 0 Å². The molecule has 3 aromatic rings. The van der Waals surface area contributed by atoms with Gasteiger partial charge in [0.1, 0.15) is 7.05 Å². The predicted molar refractivity (Wildman–Crippen MR) is 102 cm³/mol. The van der Waals surface area contributed by atoms with E-state index >= 15 is 0 Å². The van der Waals surface area contributed by atoms with Crippen LogP contribution >= 0.6 is 0 Å². The van der Waals surface area contributed by atoms with Gasteiger partial charge in [0.15, 0.2) is 6.20 Å². The lowest BCUT2D eigenvalue weighted by Gasteiger charge is -2.39. The van der Waals surface area contributed by atoms with Crippen molar-refractivity contribution >= 4 is 11.4 Å². The van der Waals surface area contributed by atoms with E-state index < -0.39 is 0 Å². The molecule has 25 heavy (non-hydrogen) atoms. The van der Waals surface area contributed by atoms with Crippen LogP contribution in [-0.4, -0.2) is 12.0 Å². The van der Waals surface area contributed by atoms with Crippen LogP contribution < -0.4 is 9.47 Å². The molecular formula is C22H24N3+. The van der Waals surface area contributed by atoms with Crippen molar-refractivity contribution in [3.05, 3.63) is 71.7 Å². The summed E-state index contributed by atoms with van der Waals surface area (Å²) in [5, 5.41) is 0. The minimum Gasteiger partial charge on any atom is -0.343 e. The van der Waals surface area contributed by atoms with Gasteiger partial charge in [0.05, 0.1) is 11.4 Å². The van der Waals surface area contributed by atoms with Crippen molar-refractivity contribution in [2.45, 2.75) is 26.2 Å². The second-order valence-electron chi connectivity index (χ2n) is 7.44. The van der Waals surface area contributed by atoms with Gasteiger partial charge in [0, 0.05) is 42.0 Å². The number of hydrogen-bond acceptors (Lipinski definition) is 2. The Morgan fingerprint density at radius 1 is 1.04 bits per heavy atom. The molecule has 0 unspecified atom stereocenters. The molecule has 0 radical (unpaired) electrons. The first-order chi connectivity index (χ1) is 11.9. The third-order valence-electron chi connectivity index (χ3n) is 5.45. The zero-order valence-corrected chi connectivity index (χ0v) is 15.5. The summed E-state index contributed by atoms with van der Waals surface area (Å²) in [5.74, 6) is 0. The first kappa shape index (κ1) is 15.8. The fraction of sp³-hybridized carbons (Fsp3) is 0.273. The van der Waals surface area contributed by atoms with Crippen LogP contribution in [0.1, 0.15) is 30.7 Å². The van der Waals surface area contributed by atoms with Crippen molar-refractivity contribution in [1.29, 1.82) is 0 Å². The molecule has 1 aliphatic rings. The van der Waals surface area contributed by atoms with E-state index in [4.69, 9.17) is 4.98 Å². The topological polar surface area (TPSA) is 20.0 Å². The Morgan fingerprint density at radius 3 is 2.60 bits per heavy atom. The summed E-state index contributed by atoms with van der Waals surface area (Å²) in [5.41, 5.74) is 8.59. The van der Waals surface area contributed by atoms with Crippen LogP contribution in [0, 0.1) is 6.92 Å². The zero-order valence-electron chi connectivity index (χ0n) is 15.5. The number of aryl methyl sites for hydroxylation is 2. The quantitative estimate of drug-likeness (QED) is 0.620. The van der Waals surface area contributed by atoms with Gasteiger partial charge in [-0.25, -0.2) is 4.57 Å².